The van der Waals surface area contributed by atoms with Gasteiger partial charge in [0.25, 0.3) is 0 Å². The fraction of sp³-hybridized carbons (Fsp3) is 0.538. The number of rotatable bonds is 4. The molecule has 1 aromatic heterocycles. The van der Waals surface area contributed by atoms with Crippen molar-refractivity contribution in [2.75, 3.05) is 11.9 Å². The van der Waals surface area contributed by atoms with Crippen LogP contribution in [0.1, 0.15) is 32.4 Å². The minimum Gasteiger partial charge on any atom is -0.356 e. The van der Waals surface area contributed by atoms with Crippen molar-refractivity contribution in [2.24, 2.45) is 5.41 Å². The van der Waals surface area contributed by atoms with Crippen molar-refractivity contribution in [3.63, 3.8) is 0 Å². The molecule has 2 rings (SSSR count). The van der Waals surface area contributed by atoms with Crippen LogP contribution in [-0.2, 0) is 4.79 Å². The van der Waals surface area contributed by atoms with Crippen LogP contribution in [0, 0.1) is 16.7 Å². The van der Waals surface area contributed by atoms with E-state index in [2.05, 4.69) is 34.7 Å². The Morgan fingerprint density at radius 2 is 2.21 bits per heavy atom. The van der Waals surface area contributed by atoms with Crippen LogP contribution < -0.4 is 10.6 Å². The molecular formula is C13H17N5O. The van der Waals surface area contributed by atoms with Crippen LogP contribution >= 0.6 is 0 Å². The van der Waals surface area contributed by atoms with Gasteiger partial charge in [-0.1, -0.05) is 13.8 Å². The van der Waals surface area contributed by atoms with Crippen LogP contribution in [0.2, 0.25) is 0 Å². The van der Waals surface area contributed by atoms with Gasteiger partial charge in [-0.15, -0.1) is 10.2 Å². The normalized spacial score (nSPS) is 20.7. The van der Waals surface area contributed by atoms with Gasteiger partial charge in [-0.25, -0.2) is 0 Å². The molecule has 1 aliphatic rings. The van der Waals surface area contributed by atoms with Gasteiger partial charge in [0, 0.05) is 12.0 Å². The molecule has 1 atom stereocenters. The molecule has 2 N–H and O–H groups in total. The van der Waals surface area contributed by atoms with Crippen molar-refractivity contribution in [3.8, 4) is 6.07 Å². The topological polar surface area (TPSA) is 90.7 Å². The molecule has 1 aliphatic heterocycles. The summed E-state index contributed by atoms with van der Waals surface area (Å²) in [5, 5.41) is 22.4. The lowest BCUT2D eigenvalue weighted by Gasteiger charge is -2.31. The number of nitrogens with one attached hydrogen (secondary N) is 2. The first-order chi connectivity index (χ1) is 9.15. The van der Waals surface area contributed by atoms with E-state index in [0.29, 0.717) is 12.4 Å². The molecule has 0 spiro atoms. The second-order valence-electron chi connectivity index (χ2n) is 4.78. The fourth-order valence-electron chi connectivity index (χ4n) is 2.49. The smallest absolute Gasteiger partial charge is 0.243 e. The molecule has 0 radical (unpaired) electrons. The molecule has 0 aliphatic carbocycles. The Labute approximate surface area is 112 Å². The third kappa shape index (κ3) is 2.36. The third-order valence-corrected chi connectivity index (χ3v) is 3.97. The van der Waals surface area contributed by atoms with Gasteiger partial charge < -0.3 is 10.6 Å². The Morgan fingerprint density at radius 1 is 1.47 bits per heavy atom. The summed E-state index contributed by atoms with van der Waals surface area (Å²) >= 11 is 0. The van der Waals surface area contributed by atoms with Crippen LogP contribution in [0.25, 0.3) is 0 Å². The van der Waals surface area contributed by atoms with E-state index in [-0.39, 0.29) is 23.1 Å². The Kier molecular flexibility index (Phi) is 3.65. The molecule has 1 fully saturated rings. The van der Waals surface area contributed by atoms with E-state index in [9.17, 15) is 4.79 Å². The maximum absolute atomic E-state index is 12.0. The van der Waals surface area contributed by atoms with Crippen molar-refractivity contribution in [3.05, 3.63) is 17.8 Å². The highest BCUT2D eigenvalue weighted by atomic mass is 16.2. The van der Waals surface area contributed by atoms with Gasteiger partial charge >= 0.3 is 0 Å². The lowest BCUT2D eigenvalue weighted by atomic mass is 9.78. The summed E-state index contributed by atoms with van der Waals surface area (Å²) in [6.45, 7) is 4.85. The number of hydrogen-bond donors (Lipinski definition) is 2. The Hall–Kier alpha value is -2.16. The third-order valence-electron chi connectivity index (χ3n) is 3.97. The molecule has 0 bridgehead atoms. The Bertz CT molecular complexity index is 501. The summed E-state index contributed by atoms with van der Waals surface area (Å²) in [4.78, 5) is 12.0. The SMILES string of the molecule is CCC1(CC)CNC(=O)C1Nc1ccc(C#N)nn1. The van der Waals surface area contributed by atoms with Crippen LogP contribution in [0.4, 0.5) is 5.82 Å². The molecule has 1 amide bonds. The molecule has 2 heterocycles. The summed E-state index contributed by atoms with van der Waals surface area (Å²) in [5.41, 5.74) is 0.172. The zero-order chi connectivity index (χ0) is 13.9. The minimum absolute atomic E-state index is 0.00476. The highest BCUT2D eigenvalue weighted by Crippen LogP contribution is 2.35. The van der Waals surface area contributed by atoms with Crippen LogP contribution in [0.5, 0.6) is 0 Å². The van der Waals surface area contributed by atoms with Crippen LogP contribution in [0.15, 0.2) is 12.1 Å². The monoisotopic (exact) mass is 259 g/mol. The lowest BCUT2D eigenvalue weighted by molar-refractivity contribution is -0.120. The first-order valence-corrected chi connectivity index (χ1v) is 6.43. The number of anilines is 1. The van der Waals surface area contributed by atoms with Gasteiger partial charge in [-0.2, -0.15) is 5.26 Å². The number of aromatic nitrogens is 2. The highest BCUT2D eigenvalue weighted by Gasteiger charge is 2.46. The molecule has 1 unspecified atom stereocenters. The van der Waals surface area contributed by atoms with Crippen molar-refractivity contribution < 1.29 is 4.79 Å². The van der Waals surface area contributed by atoms with E-state index in [4.69, 9.17) is 5.26 Å². The molecular weight excluding hydrogens is 242 g/mol. The number of nitrogens with zero attached hydrogens (tertiary/aromatic N) is 3. The van der Waals surface area contributed by atoms with E-state index in [1.54, 1.807) is 12.1 Å². The average Bonchev–Trinajstić information content (AvgIpc) is 2.77. The van der Waals surface area contributed by atoms with E-state index >= 15 is 0 Å². The molecule has 6 heteroatoms. The first kappa shape index (κ1) is 13.3. The molecule has 6 nitrogen and oxygen atoms in total. The van der Waals surface area contributed by atoms with E-state index in [1.807, 2.05) is 6.07 Å². The lowest BCUT2D eigenvalue weighted by Crippen LogP contribution is -2.41. The first-order valence-electron chi connectivity index (χ1n) is 6.43. The van der Waals surface area contributed by atoms with E-state index < -0.39 is 0 Å². The maximum Gasteiger partial charge on any atom is 0.243 e. The van der Waals surface area contributed by atoms with Crippen molar-refractivity contribution in [1.29, 1.82) is 5.26 Å². The fourth-order valence-corrected chi connectivity index (χ4v) is 2.49. The number of carbonyl (C=O) groups excluding carboxylic acids is 1. The predicted octanol–water partition coefficient (Wildman–Crippen LogP) is 1.06. The molecule has 1 saturated heterocycles. The highest BCUT2D eigenvalue weighted by molar-refractivity contribution is 5.87. The van der Waals surface area contributed by atoms with E-state index in [1.165, 1.54) is 0 Å². The van der Waals surface area contributed by atoms with Gasteiger partial charge in [-0.3, -0.25) is 4.79 Å². The standard InChI is InChI=1S/C13H17N5O/c1-3-13(4-2)8-15-12(19)11(13)16-10-6-5-9(7-14)17-18-10/h5-6,11H,3-4,8H2,1-2H3,(H,15,19)(H,16,18). The Morgan fingerprint density at radius 3 is 2.74 bits per heavy atom. The largest absolute Gasteiger partial charge is 0.356 e. The summed E-state index contributed by atoms with van der Waals surface area (Å²) < 4.78 is 0. The summed E-state index contributed by atoms with van der Waals surface area (Å²) in [6.07, 6.45) is 1.81. The average molecular weight is 259 g/mol. The molecule has 19 heavy (non-hydrogen) atoms. The Balaban J connectivity index is 2.20. The number of nitriles is 1. The van der Waals surface area contributed by atoms with Crippen molar-refractivity contribution in [2.45, 2.75) is 32.7 Å². The minimum atomic E-state index is -0.301. The molecule has 0 aromatic carbocycles. The van der Waals surface area contributed by atoms with Gasteiger partial charge in [0.2, 0.25) is 5.91 Å². The van der Waals surface area contributed by atoms with Crippen LogP contribution in [-0.4, -0.2) is 28.7 Å². The van der Waals surface area contributed by atoms with Crippen molar-refractivity contribution in [1.82, 2.24) is 15.5 Å². The predicted molar refractivity (Wildman–Crippen MR) is 70.2 cm³/mol. The van der Waals surface area contributed by atoms with Gasteiger partial charge in [0.05, 0.1) is 0 Å². The van der Waals surface area contributed by atoms with Crippen molar-refractivity contribution >= 4 is 11.7 Å². The van der Waals surface area contributed by atoms with Gasteiger partial charge in [-0.05, 0) is 25.0 Å². The van der Waals surface area contributed by atoms with Gasteiger partial charge in [0.15, 0.2) is 5.69 Å². The quantitative estimate of drug-likeness (QED) is 0.843. The van der Waals surface area contributed by atoms with Crippen LogP contribution in [0.3, 0.4) is 0 Å². The zero-order valence-electron chi connectivity index (χ0n) is 11.1. The molecule has 1 aromatic rings. The second kappa shape index (κ2) is 5.22. The maximum atomic E-state index is 12.0. The number of hydrogen-bond acceptors (Lipinski definition) is 5. The summed E-state index contributed by atoms with van der Waals surface area (Å²) in [7, 11) is 0. The summed E-state index contributed by atoms with van der Waals surface area (Å²) in [6, 6.07) is 4.87. The second-order valence-corrected chi connectivity index (χ2v) is 4.78. The molecule has 0 saturated carbocycles. The zero-order valence-corrected chi connectivity index (χ0v) is 11.1. The number of amides is 1. The molecule has 100 valence electrons. The van der Waals surface area contributed by atoms with E-state index in [0.717, 1.165) is 12.8 Å². The summed E-state index contributed by atoms with van der Waals surface area (Å²) in [5.74, 6) is 0.516. The number of carbonyl (C=O) groups is 1. The van der Waals surface area contributed by atoms with Gasteiger partial charge in [0.1, 0.15) is 17.9 Å².